The van der Waals surface area contributed by atoms with Crippen molar-refractivity contribution in [2.75, 3.05) is 13.2 Å². The molecule has 0 amide bonds. The van der Waals surface area contributed by atoms with Gasteiger partial charge in [0, 0.05) is 35.4 Å². The van der Waals surface area contributed by atoms with Crippen molar-refractivity contribution in [3.63, 3.8) is 0 Å². The molecule has 1 aromatic rings. The first kappa shape index (κ1) is 20.9. The van der Waals surface area contributed by atoms with Gasteiger partial charge in [0.2, 0.25) is 0 Å². The standard InChI is InChI=1S/C18H30N4OS.HI/c1-6-19-17(20-10-14-21-11(2)12(3)24-14)22-15-13-8-7-9-23-16(13)18(15,4)5;/h13,15-16H,6-10H2,1-5H3,(H2,19,20,22);1H. The first-order chi connectivity index (χ1) is 11.4. The van der Waals surface area contributed by atoms with E-state index in [-0.39, 0.29) is 29.4 Å². The number of rotatable bonds is 4. The fourth-order valence-corrected chi connectivity index (χ4v) is 4.89. The molecular formula is C18H31IN4OS. The van der Waals surface area contributed by atoms with Gasteiger partial charge < -0.3 is 15.4 Å². The lowest BCUT2D eigenvalue weighted by Crippen LogP contribution is -2.71. The quantitative estimate of drug-likeness (QED) is 0.394. The highest BCUT2D eigenvalue weighted by Gasteiger charge is 2.58. The van der Waals surface area contributed by atoms with Gasteiger partial charge in [-0.25, -0.2) is 9.98 Å². The predicted molar refractivity (Wildman–Crippen MR) is 115 cm³/mol. The largest absolute Gasteiger partial charge is 0.377 e. The van der Waals surface area contributed by atoms with Crippen molar-refractivity contribution in [2.24, 2.45) is 16.3 Å². The van der Waals surface area contributed by atoms with E-state index < -0.39 is 0 Å². The molecule has 7 heteroatoms. The lowest BCUT2D eigenvalue weighted by Gasteiger charge is -2.60. The molecular weight excluding hydrogens is 447 g/mol. The SMILES string of the molecule is CCNC(=NCc1nc(C)c(C)s1)NC1C2CCCOC2C1(C)C.I. The smallest absolute Gasteiger partial charge is 0.191 e. The van der Waals surface area contributed by atoms with Gasteiger partial charge in [-0.3, -0.25) is 0 Å². The van der Waals surface area contributed by atoms with Crippen molar-refractivity contribution < 1.29 is 4.74 Å². The molecule has 2 heterocycles. The molecule has 3 atom stereocenters. The first-order valence-corrected chi connectivity index (χ1v) is 9.84. The Balaban J connectivity index is 0.00000225. The number of aryl methyl sites for hydroxylation is 2. The third-order valence-electron chi connectivity index (χ3n) is 5.41. The van der Waals surface area contributed by atoms with E-state index in [4.69, 9.17) is 9.73 Å². The fourth-order valence-electron chi connectivity index (χ4n) is 4.04. The van der Waals surface area contributed by atoms with Gasteiger partial charge in [-0.2, -0.15) is 0 Å². The van der Waals surface area contributed by atoms with E-state index in [0.29, 0.717) is 24.6 Å². The zero-order chi connectivity index (χ0) is 17.3. The van der Waals surface area contributed by atoms with E-state index in [1.807, 2.05) is 0 Å². The topological polar surface area (TPSA) is 58.5 Å². The van der Waals surface area contributed by atoms with Crippen LogP contribution >= 0.6 is 35.3 Å². The van der Waals surface area contributed by atoms with Crippen molar-refractivity contribution in [2.45, 2.75) is 66.2 Å². The summed E-state index contributed by atoms with van der Waals surface area (Å²) in [6.45, 7) is 13.3. The van der Waals surface area contributed by atoms with Gasteiger partial charge >= 0.3 is 0 Å². The minimum Gasteiger partial charge on any atom is -0.377 e. The van der Waals surface area contributed by atoms with Crippen LogP contribution < -0.4 is 10.6 Å². The highest BCUT2D eigenvalue weighted by molar-refractivity contribution is 14.0. The molecule has 0 radical (unpaired) electrons. The Kier molecular flexibility index (Phi) is 7.12. The molecule has 0 spiro atoms. The second kappa shape index (κ2) is 8.52. The molecule has 1 aliphatic carbocycles. The molecule has 2 N–H and O–H groups in total. The van der Waals surface area contributed by atoms with E-state index in [1.165, 1.54) is 17.7 Å². The fraction of sp³-hybridized carbons (Fsp3) is 0.778. The molecule has 0 bridgehead atoms. The normalized spacial score (nSPS) is 27.7. The molecule has 142 valence electrons. The van der Waals surface area contributed by atoms with E-state index in [1.54, 1.807) is 11.3 Å². The molecule has 1 saturated carbocycles. The molecule has 3 unspecified atom stereocenters. The van der Waals surface area contributed by atoms with Crippen molar-refractivity contribution in [1.29, 1.82) is 0 Å². The molecule has 1 aromatic heterocycles. The Labute approximate surface area is 172 Å². The van der Waals surface area contributed by atoms with Crippen molar-refractivity contribution in [1.82, 2.24) is 15.6 Å². The number of halogens is 1. The first-order valence-electron chi connectivity index (χ1n) is 9.02. The van der Waals surface area contributed by atoms with E-state index in [0.717, 1.165) is 29.8 Å². The van der Waals surface area contributed by atoms with Gasteiger partial charge in [-0.15, -0.1) is 35.3 Å². The number of ether oxygens (including phenoxy) is 1. The average Bonchev–Trinajstić information content (AvgIpc) is 2.88. The van der Waals surface area contributed by atoms with Crippen LogP contribution in [-0.4, -0.2) is 36.2 Å². The van der Waals surface area contributed by atoms with Gasteiger partial charge in [0.05, 0.1) is 18.3 Å². The molecule has 3 rings (SSSR count). The highest BCUT2D eigenvalue weighted by atomic mass is 127. The molecule has 25 heavy (non-hydrogen) atoms. The number of aromatic nitrogens is 1. The number of nitrogens with zero attached hydrogens (tertiary/aromatic N) is 2. The van der Waals surface area contributed by atoms with Crippen LogP contribution in [0, 0.1) is 25.2 Å². The van der Waals surface area contributed by atoms with Gasteiger partial charge in [-0.05, 0) is 33.6 Å². The molecule has 1 aliphatic heterocycles. The lowest BCUT2D eigenvalue weighted by atomic mass is 9.55. The van der Waals surface area contributed by atoms with Gasteiger partial charge in [0.1, 0.15) is 5.01 Å². The molecule has 2 aliphatic rings. The minimum absolute atomic E-state index is 0. The van der Waals surface area contributed by atoms with Crippen LogP contribution in [0.2, 0.25) is 0 Å². The van der Waals surface area contributed by atoms with Gasteiger partial charge in [0.15, 0.2) is 5.96 Å². The van der Waals surface area contributed by atoms with Crippen LogP contribution in [0.3, 0.4) is 0 Å². The van der Waals surface area contributed by atoms with Crippen molar-refractivity contribution >= 4 is 41.3 Å². The number of hydrogen-bond acceptors (Lipinski definition) is 4. The molecule has 2 fully saturated rings. The molecule has 5 nitrogen and oxygen atoms in total. The van der Waals surface area contributed by atoms with Gasteiger partial charge in [0.25, 0.3) is 0 Å². The second-order valence-electron chi connectivity index (χ2n) is 7.49. The van der Waals surface area contributed by atoms with Crippen LogP contribution in [0.4, 0.5) is 0 Å². The zero-order valence-electron chi connectivity index (χ0n) is 15.9. The summed E-state index contributed by atoms with van der Waals surface area (Å²) in [6, 6.07) is 0.417. The lowest BCUT2D eigenvalue weighted by molar-refractivity contribution is -0.188. The van der Waals surface area contributed by atoms with Crippen LogP contribution in [0.25, 0.3) is 0 Å². The third-order valence-corrected chi connectivity index (χ3v) is 6.47. The van der Waals surface area contributed by atoms with Crippen LogP contribution in [0.5, 0.6) is 0 Å². The Morgan fingerprint density at radius 3 is 2.80 bits per heavy atom. The molecule has 0 aromatic carbocycles. The van der Waals surface area contributed by atoms with E-state index in [2.05, 4.69) is 50.2 Å². The Hall–Kier alpha value is -0.410. The maximum Gasteiger partial charge on any atom is 0.191 e. The van der Waals surface area contributed by atoms with Crippen LogP contribution in [0.15, 0.2) is 4.99 Å². The van der Waals surface area contributed by atoms with E-state index in [9.17, 15) is 0 Å². The number of fused-ring (bicyclic) bond motifs is 1. The van der Waals surface area contributed by atoms with Crippen LogP contribution in [-0.2, 0) is 11.3 Å². The number of nitrogens with one attached hydrogen (secondary N) is 2. The summed E-state index contributed by atoms with van der Waals surface area (Å²) in [7, 11) is 0. The molecule has 1 saturated heterocycles. The predicted octanol–water partition coefficient (Wildman–Crippen LogP) is 3.64. The summed E-state index contributed by atoms with van der Waals surface area (Å²) < 4.78 is 6.00. The second-order valence-corrected chi connectivity index (χ2v) is 8.77. The monoisotopic (exact) mass is 478 g/mol. The summed E-state index contributed by atoms with van der Waals surface area (Å²) in [4.78, 5) is 10.6. The van der Waals surface area contributed by atoms with Crippen molar-refractivity contribution in [3.8, 4) is 0 Å². The summed E-state index contributed by atoms with van der Waals surface area (Å²) in [5, 5.41) is 8.13. The maximum absolute atomic E-state index is 6.00. The summed E-state index contributed by atoms with van der Waals surface area (Å²) in [5.41, 5.74) is 1.26. The minimum atomic E-state index is 0. The third kappa shape index (κ3) is 4.30. The number of aliphatic imine (C=N–C) groups is 1. The van der Waals surface area contributed by atoms with E-state index >= 15 is 0 Å². The van der Waals surface area contributed by atoms with Crippen molar-refractivity contribution in [3.05, 3.63) is 15.6 Å². The number of guanidine groups is 1. The number of hydrogen-bond donors (Lipinski definition) is 2. The van der Waals surface area contributed by atoms with Crippen LogP contribution in [0.1, 0.15) is 49.2 Å². The average molecular weight is 478 g/mol. The number of thiazole rings is 1. The summed E-state index contributed by atoms with van der Waals surface area (Å²) >= 11 is 1.74. The highest BCUT2D eigenvalue weighted by Crippen LogP contribution is 2.51. The Morgan fingerprint density at radius 1 is 1.40 bits per heavy atom. The Bertz CT molecular complexity index is 597. The van der Waals surface area contributed by atoms with Gasteiger partial charge in [-0.1, -0.05) is 13.8 Å². The zero-order valence-corrected chi connectivity index (χ0v) is 19.0. The summed E-state index contributed by atoms with van der Waals surface area (Å²) in [6.07, 6.45) is 2.80. The maximum atomic E-state index is 6.00. The Morgan fingerprint density at radius 2 is 2.16 bits per heavy atom. The summed E-state index contributed by atoms with van der Waals surface area (Å²) in [5.74, 6) is 1.49.